The summed E-state index contributed by atoms with van der Waals surface area (Å²) in [5.74, 6) is 0.170. The second-order valence-electron chi connectivity index (χ2n) is 5.99. The van der Waals surface area contributed by atoms with Crippen LogP contribution in [0.15, 0.2) is 12.3 Å². The molecule has 0 radical (unpaired) electrons. The molecule has 0 amide bonds. The number of carbonyl (C=O) groups excluding carboxylic acids is 1. The van der Waals surface area contributed by atoms with Crippen LogP contribution in [-0.2, 0) is 14.0 Å². The summed E-state index contributed by atoms with van der Waals surface area (Å²) in [4.78, 5) is 15.9. The second kappa shape index (κ2) is 5.31. The number of esters is 1. The van der Waals surface area contributed by atoms with Gasteiger partial charge in [0.05, 0.1) is 23.9 Å². The van der Waals surface area contributed by atoms with E-state index < -0.39 is 24.3 Å². The van der Waals surface area contributed by atoms with Crippen molar-refractivity contribution < 1.29 is 18.8 Å². The van der Waals surface area contributed by atoms with Crippen LogP contribution in [0.2, 0.25) is 0 Å². The highest BCUT2D eigenvalue weighted by Crippen LogP contribution is 2.36. The van der Waals surface area contributed by atoms with E-state index in [0.717, 1.165) is 0 Å². The van der Waals surface area contributed by atoms with Gasteiger partial charge >= 0.3 is 13.1 Å². The number of aromatic nitrogens is 1. The molecule has 1 aromatic heterocycles. The first-order chi connectivity index (χ1) is 9.71. The lowest BCUT2D eigenvalue weighted by atomic mass is 9.78. The van der Waals surface area contributed by atoms with Crippen LogP contribution in [0.1, 0.15) is 38.1 Å². The number of anilines is 1. The molecule has 2 heterocycles. The predicted octanol–water partition coefficient (Wildman–Crippen LogP) is 1.21. The lowest BCUT2D eigenvalue weighted by molar-refractivity contribution is 0.00578. The van der Waals surface area contributed by atoms with E-state index in [9.17, 15) is 4.79 Å². The maximum atomic E-state index is 11.7. The number of hydrogen-bond donors (Lipinski definition) is 1. The number of carbonyl (C=O) groups is 1. The van der Waals surface area contributed by atoms with Crippen molar-refractivity contribution in [3.05, 3.63) is 17.8 Å². The third kappa shape index (κ3) is 2.75. The molecule has 0 aliphatic carbocycles. The molecule has 0 bridgehead atoms. The lowest BCUT2D eigenvalue weighted by Gasteiger charge is -2.32. The van der Waals surface area contributed by atoms with Gasteiger partial charge in [-0.2, -0.15) is 0 Å². The van der Waals surface area contributed by atoms with Gasteiger partial charge in [-0.25, -0.2) is 9.78 Å². The Hall–Kier alpha value is -1.60. The summed E-state index contributed by atoms with van der Waals surface area (Å²) >= 11 is 0. The normalized spacial score (nSPS) is 19.4. The summed E-state index contributed by atoms with van der Waals surface area (Å²) in [6.07, 6.45) is 1.46. The fourth-order valence-corrected chi connectivity index (χ4v) is 2.07. The van der Waals surface area contributed by atoms with Crippen molar-refractivity contribution >= 4 is 24.4 Å². The highest BCUT2D eigenvalue weighted by atomic mass is 16.7. The van der Waals surface area contributed by atoms with E-state index in [-0.39, 0.29) is 0 Å². The van der Waals surface area contributed by atoms with Gasteiger partial charge in [-0.05, 0) is 33.8 Å². The standard InChI is InChI=1S/C14H21BN2O4/c1-13(2)14(3,4)21-15(20-13)10-7-9(12(18)19-6)8-17-11(10)16-5/h7-8H,1-6H3,(H,16,17). The minimum atomic E-state index is -0.588. The summed E-state index contributed by atoms with van der Waals surface area (Å²) in [7, 11) is 2.51. The minimum Gasteiger partial charge on any atom is -0.465 e. The summed E-state index contributed by atoms with van der Waals surface area (Å²) in [6, 6.07) is 1.69. The minimum absolute atomic E-state index is 0.362. The topological polar surface area (TPSA) is 69.7 Å². The average Bonchev–Trinajstić information content (AvgIpc) is 2.65. The van der Waals surface area contributed by atoms with E-state index in [4.69, 9.17) is 14.0 Å². The molecule has 0 unspecified atom stereocenters. The van der Waals surface area contributed by atoms with Crippen LogP contribution in [-0.4, -0.2) is 43.4 Å². The number of pyridine rings is 1. The molecule has 7 heteroatoms. The van der Waals surface area contributed by atoms with Crippen LogP contribution in [0.5, 0.6) is 0 Å². The zero-order chi connectivity index (χ0) is 15.8. The molecule has 1 fully saturated rings. The van der Waals surface area contributed by atoms with E-state index in [2.05, 4.69) is 10.3 Å². The van der Waals surface area contributed by atoms with Gasteiger partial charge in [0.15, 0.2) is 0 Å². The van der Waals surface area contributed by atoms with E-state index >= 15 is 0 Å². The van der Waals surface area contributed by atoms with Crippen molar-refractivity contribution in [1.29, 1.82) is 0 Å². The van der Waals surface area contributed by atoms with Gasteiger partial charge in [0, 0.05) is 18.7 Å². The maximum Gasteiger partial charge on any atom is 0.498 e. The van der Waals surface area contributed by atoms with Crippen molar-refractivity contribution in [2.75, 3.05) is 19.5 Å². The third-order valence-electron chi connectivity index (χ3n) is 4.08. The molecule has 1 N–H and O–H groups in total. The van der Waals surface area contributed by atoms with Crippen LogP contribution in [0.4, 0.5) is 5.82 Å². The first kappa shape index (κ1) is 15.8. The average molecular weight is 292 g/mol. The number of hydrogen-bond acceptors (Lipinski definition) is 6. The van der Waals surface area contributed by atoms with Crippen LogP contribution >= 0.6 is 0 Å². The van der Waals surface area contributed by atoms with Gasteiger partial charge in [-0.1, -0.05) is 0 Å². The summed E-state index contributed by atoms with van der Waals surface area (Å²) < 4.78 is 16.7. The third-order valence-corrected chi connectivity index (χ3v) is 4.08. The monoisotopic (exact) mass is 292 g/mol. The SMILES string of the molecule is CNc1ncc(C(=O)OC)cc1B1OC(C)(C)C(C)(C)O1. The van der Waals surface area contributed by atoms with Crippen molar-refractivity contribution in [1.82, 2.24) is 4.98 Å². The quantitative estimate of drug-likeness (QED) is 0.667. The van der Waals surface area contributed by atoms with Crippen molar-refractivity contribution in [3.8, 4) is 0 Å². The number of methoxy groups -OCH3 is 1. The van der Waals surface area contributed by atoms with Gasteiger partial charge < -0.3 is 19.4 Å². The molecule has 1 saturated heterocycles. The predicted molar refractivity (Wildman–Crippen MR) is 80.8 cm³/mol. The summed E-state index contributed by atoms with van der Waals surface area (Å²) in [6.45, 7) is 7.90. The zero-order valence-corrected chi connectivity index (χ0v) is 13.3. The molecule has 6 nitrogen and oxygen atoms in total. The zero-order valence-electron chi connectivity index (χ0n) is 13.3. The fourth-order valence-electron chi connectivity index (χ4n) is 2.07. The Bertz CT molecular complexity index is 544. The summed E-state index contributed by atoms with van der Waals surface area (Å²) in [5, 5.41) is 2.99. The molecule has 0 atom stereocenters. The number of ether oxygens (including phenoxy) is 1. The molecule has 0 spiro atoms. The molecular formula is C14H21BN2O4. The number of nitrogens with zero attached hydrogens (tertiary/aromatic N) is 1. The van der Waals surface area contributed by atoms with Gasteiger partial charge in [0.1, 0.15) is 5.82 Å². The van der Waals surface area contributed by atoms with Crippen LogP contribution in [0.3, 0.4) is 0 Å². The Labute approximate surface area is 125 Å². The second-order valence-corrected chi connectivity index (χ2v) is 5.99. The molecule has 1 aromatic rings. The largest absolute Gasteiger partial charge is 0.498 e. The van der Waals surface area contributed by atoms with Crippen LogP contribution < -0.4 is 10.8 Å². The first-order valence-electron chi connectivity index (χ1n) is 6.83. The molecule has 0 saturated carbocycles. The van der Waals surface area contributed by atoms with Gasteiger partial charge in [-0.3, -0.25) is 0 Å². The van der Waals surface area contributed by atoms with Crippen LogP contribution in [0.25, 0.3) is 0 Å². The molecule has 114 valence electrons. The molecular weight excluding hydrogens is 271 g/mol. The van der Waals surface area contributed by atoms with Crippen molar-refractivity contribution in [2.24, 2.45) is 0 Å². The van der Waals surface area contributed by atoms with E-state index in [1.165, 1.54) is 13.3 Å². The molecule has 21 heavy (non-hydrogen) atoms. The fraction of sp³-hybridized carbons (Fsp3) is 0.571. The number of rotatable bonds is 3. The van der Waals surface area contributed by atoms with Gasteiger partial charge in [0.2, 0.25) is 0 Å². The van der Waals surface area contributed by atoms with Gasteiger partial charge in [0.25, 0.3) is 0 Å². The molecule has 0 aromatic carbocycles. The Morgan fingerprint density at radius 2 is 1.86 bits per heavy atom. The highest BCUT2D eigenvalue weighted by Gasteiger charge is 2.52. The van der Waals surface area contributed by atoms with Gasteiger partial charge in [-0.15, -0.1) is 0 Å². The summed E-state index contributed by atoms with van der Waals surface area (Å²) in [5.41, 5.74) is 0.133. The van der Waals surface area contributed by atoms with Crippen LogP contribution in [0, 0.1) is 0 Å². The Balaban J connectivity index is 2.41. The van der Waals surface area contributed by atoms with Crippen molar-refractivity contribution in [2.45, 2.75) is 38.9 Å². The van der Waals surface area contributed by atoms with E-state index in [0.29, 0.717) is 16.8 Å². The lowest BCUT2D eigenvalue weighted by Crippen LogP contribution is -2.41. The molecule has 2 rings (SSSR count). The molecule has 1 aliphatic heterocycles. The van der Waals surface area contributed by atoms with E-state index in [1.807, 2.05) is 27.7 Å². The Morgan fingerprint density at radius 1 is 1.29 bits per heavy atom. The highest BCUT2D eigenvalue weighted by molar-refractivity contribution is 6.63. The smallest absolute Gasteiger partial charge is 0.465 e. The maximum absolute atomic E-state index is 11.7. The van der Waals surface area contributed by atoms with E-state index in [1.54, 1.807) is 13.1 Å². The Kier molecular flexibility index (Phi) is 3.99. The first-order valence-corrected chi connectivity index (χ1v) is 6.83. The molecule has 1 aliphatic rings. The van der Waals surface area contributed by atoms with Crippen molar-refractivity contribution in [3.63, 3.8) is 0 Å². The number of nitrogens with one attached hydrogen (secondary N) is 1. The Morgan fingerprint density at radius 3 is 2.33 bits per heavy atom.